The molecule has 1 aliphatic rings. The molecular formula is C22H21ClN2O4. The second-order valence-corrected chi connectivity index (χ2v) is 7.14. The number of carbonyl (C=O) groups is 1. The smallest absolute Gasteiger partial charge is 0.257 e. The molecule has 1 aliphatic heterocycles. The number of methoxy groups -OCH3 is 1. The normalized spacial score (nSPS) is 12.5. The highest BCUT2D eigenvalue weighted by Crippen LogP contribution is 2.33. The summed E-state index contributed by atoms with van der Waals surface area (Å²) < 4.78 is 18.5. The Hall–Kier alpha value is -3.12. The quantitative estimate of drug-likeness (QED) is 0.630. The van der Waals surface area contributed by atoms with Gasteiger partial charge in [-0.25, -0.2) is 0 Å². The number of nitrogens with zero attached hydrogens (tertiary/aromatic N) is 2. The van der Waals surface area contributed by atoms with Crippen molar-refractivity contribution in [1.82, 2.24) is 9.47 Å². The predicted molar refractivity (Wildman–Crippen MR) is 111 cm³/mol. The fourth-order valence-electron chi connectivity index (χ4n) is 3.31. The first kappa shape index (κ1) is 19.2. The predicted octanol–water partition coefficient (Wildman–Crippen LogP) is 4.18. The van der Waals surface area contributed by atoms with E-state index in [9.17, 15) is 4.79 Å². The third kappa shape index (κ3) is 3.89. The van der Waals surface area contributed by atoms with E-state index in [1.165, 1.54) is 0 Å². The van der Waals surface area contributed by atoms with Crippen LogP contribution in [0.15, 0.2) is 54.9 Å². The summed E-state index contributed by atoms with van der Waals surface area (Å²) in [5, 5.41) is 0.470. The molecule has 29 heavy (non-hydrogen) atoms. The number of benzene rings is 2. The van der Waals surface area contributed by atoms with Gasteiger partial charge in [0.2, 0.25) is 0 Å². The summed E-state index contributed by atoms with van der Waals surface area (Å²) in [5.41, 5.74) is 2.10. The van der Waals surface area contributed by atoms with Gasteiger partial charge < -0.3 is 23.7 Å². The van der Waals surface area contributed by atoms with Crippen molar-refractivity contribution in [1.29, 1.82) is 0 Å². The van der Waals surface area contributed by atoms with Crippen LogP contribution in [0.25, 0.3) is 5.69 Å². The lowest BCUT2D eigenvalue weighted by Gasteiger charge is -2.22. The third-order valence-electron chi connectivity index (χ3n) is 4.75. The molecule has 0 saturated heterocycles. The van der Waals surface area contributed by atoms with Crippen molar-refractivity contribution in [3.8, 4) is 22.9 Å². The molecule has 7 heteroatoms. The maximum atomic E-state index is 13.1. The Kier molecular flexibility index (Phi) is 5.36. The summed E-state index contributed by atoms with van der Waals surface area (Å²) in [6.07, 6.45) is 3.77. The molecular weight excluding hydrogens is 392 g/mol. The Morgan fingerprint density at radius 3 is 2.59 bits per heavy atom. The molecule has 3 aromatic rings. The molecule has 0 spiro atoms. The molecule has 0 fully saturated rings. The summed E-state index contributed by atoms with van der Waals surface area (Å²) in [6.45, 7) is 1.48. The molecule has 0 unspecified atom stereocenters. The molecule has 0 radical (unpaired) electrons. The van der Waals surface area contributed by atoms with E-state index in [-0.39, 0.29) is 5.91 Å². The molecule has 0 atom stereocenters. The van der Waals surface area contributed by atoms with E-state index in [2.05, 4.69) is 0 Å². The zero-order valence-corrected chi connectivity index (χ0v) is 17.0. The van der Waals surface area contributed by atoms with Crippen LogP contribution in [0.3, 0.4) is 0 Å². The fraction of sp³-hybridized carbons (Fsp3) is 0.227. The summed E-state index contributed by atoms with van der Waals surface area (Å²) in [6, 6.07) is 12.9. The van der Waals surface area contributed by atoms with Gasteiger partial charge in [-0.05, 0) is 35.9 Å². The van der Waals surface area contributed by atoms with Crippen LogP contribution in [0, 0.1) is 0 Å². The van der Waals surface area contributed by atoms with Gasteiger partial charge in [-0.1, -0.05) is 17.7 Å². The van der Waals surface area contributed by atoms with Gasteiger partial charge in [0.1, 0.15) is 19.0 Å². The molecule has 0 N–H and O–H groups in total. The molecule has 0 aliphatic carbocycles. The van der Waals surface area contributed by atoms with Gasteiger partial charge in [-0.3, -0.25) is 4.79 Å². The molecule has 0 bridgehead atoms. The second kappa shape index (κ2) is 8.09. The van der Waals surface area contributed by atoms with Crippen molar-refractivity contribution < 1.29 is 19.0 Å². The lowest BCUT2D eigenvalue weighted by molar-refractivity contribution is 0.0781. The van der Waals surface area contributed by atoms with Crippen LogP contribution in [-0.4, -0.2) is 42.7 Å². The number of carbonyl (C=O) groups excluding carboxylic acids is 1. The molecule has 2 heterocycles. The summed E-state index contributed by atoms with van der Waals surface area (Å²) >= 11 is 6.46. The first-order valence-electron chi connectivity index (χ1n) is 9.21. The molecule has 6 nitrogen and oxygen atoms in total. The summed E-state index contributed by atoms with van der Waals surface area (Å²) in [5.74, 6) is 1.71. The Morgan fingerprint density at radius 1 is 1.14 bits per heavy atom. The maximum Gasteiger partial charge on any atom is 0.257 e. The van der Waals surface area contributed by atoms with E-state index in [0.717, 1.165) is 17.0 Å². The topological polar surface area (TPSA) is 52.9 Å². The van der Waals surface area contributed by atoms with E-state index in [1.54, 1.807) is 31.2 Å². The zero-order valence-electron chi connectivity index (χ0n) is 16.2. The van der Waals surface area contributed by atoms with E-state index < -0.39 is 0 Å². The number of hydrogen-bond donors (Lipinski definition) is 0. The van der Waals surface area contributed by atoms with Crippen molar-refractivity contribution >= 4 is 17.5 Å². The number of halogens is 1. The van der Waals surface area contributed by atoms with Crippen LogP contribution < -0.4 is 14.2 Å². The van der Waals surface area contributed by atoms with Crippen molar-refractivity contribution in [2.75, 3.05) is 27.4 Å². The molecule has 0 saturated carbocycles. The lowest BCUT2D eigenvalue weighted by atomic mass is 10.1. The second-order valence-electron chi connectivity index (χ2n) is 6.73. The Bertz CT molecular complexity index is 1030. The highest BCUT2D eigenvalue weighted by atomic mass is 35.5. The number of hydrogen-bond acceptors (Lipinski definition) is 4. The number of fused-ring (bicyclic) bond motifs is 1. The molecule has 1 amide bonds. The lowest BCUT2D eigenvalue weighted by Crippen LogP contribution is -2.27. The highest BCUT2D eigenvalue weighted by molar-refractivity contribution is 6.33. The largest absolute Gasteiger partial charge is 0.496 e. The van der Waals surface area contributed by atoms with Crippen LogP contribution in [0.4, 0.5) is 0 Å². The van der Waals surface area contributed by atoms with Crippen molar-refractivity contribution in [3.05, 3.63) is 71.0 Å². The van der Waals surface area contributed by atoms with Crippen molar-refractivity contribution in [2.24, 2.45) is 0 Å². The van der Waals surface area contributed by atoms with Crippen LogP contribution in [0.1, 0.15) is 15.9 Å². The number of aromatic nitrogens is 1. The number of rotatable bonds is 5. The van der Waals surface area contributed by atoms with Gasteiger partial charge in [-0.15, -0.1) is 0 Å². The van der Waals surface area contributed by atoms with Crippen molar-refractivity contribution in [2.45, 2.75) is 6.54 Å². The van der Waals surface area contributed by atoms with Gasteiger partial charge in [-0.2, -0.15) is 0 Å². The van der Waals surface area contributed by atoms with Gasteiger partial charge >= 0.3 is 0 Å². The minimum atomic E-state index is -0.183. The van der Waals surface area contributed by atoms with E-state index in [4.69, 9.17) is 25.8 Å². The van der Waals surface area contributed by atoms with Gasteiger partial charge in [0.15, 0.2) is 11.5 Å². The maximum absolute atomic E-state index is 13.1. The summed E-state index contributed by atoms with van der Waals surface area (Å²) in [7, 11) is 3.28. The SMILES string of the molecule is COc1cc(-n2cccc2)c(Cl)cc1C(=O)N(C)Cc1ccc2c(c1)OCCO2. The monoisotopic (exact) mass is 412 g/mol. The minimum absolute atomic E-state index is 0.183. The van der Waals surface area contributed by atoms with E-state index in [0.29, 0.717) is 41.8 Å². The number of ether oxygens (including phenoxy) is 3. The van der Waals surface area contributed by atoms with Crippen LogP contribution in [0.5, 0.6) is 17.2 Å². The Balaban J connectivity index is 1.58. The van der Waals surface area contributed by atoms with Crippen LogP contribution in [0.2, 0.25) is 5.02 Å². The minimum Gasteiger partial charge on any atom is -0.496 e. The van der Waals surface area contributed by atoms with Gasteiger partial charge in [0, 0.05) is 32.1 Å². The molecule has 4 rings (SSSR count). The zero-order chi connectivity index (χ0) is 20.4. The average Bonchev–Trinajstić information content (AvgIpc) is 3.27. The Labute approximate surface area is 174 Å². The standard InChI is InChI=1S/C22H21ClN2O4/c1-24(14-15-5-6-19-21(11-15)29-10-9-28-19)22(26)16-12-17(23)18(13-20(16)27-2)25-7-3-4-8-25/h3-8,11-13H,9-10,14H2,1-2H3. The molecule has 150 valence electrons. The van der Waals surface area contributed by atoms with Crippen molar-refractivity contribution in [3.63, 3.8) is 0 Å². The number of amides is 1. The third-order valence-corrected chi connectivity index (χ3v) is 5.06. The fourth-order valence-corrected chi connectivity index (χ4v) is 3.57. The van der Waals surface area contributed by atoms with Gasteiger partial charge in [0.25, 0.3) is 5.91 Å². The Morgan fingerprint density at radius 2 is 1.86 bits per heavy atom. The molecule has 2 aromatic carbocycles. The first-order chi connectivity index (χ1) is 14.1. The highest BCUT2D eigenvalue weighted by Gasteiger charge is 2.21. The van der Waals surface area contributed by atoms with Crippen LogP contribution >= 0.6 is 11.6 Å². The van der Waals surface area contributed by atoms with Crippen LogP contribution in [-0.2, 0) is 6.54 Å². The van der Waals surface area contributed by atoms with Gasteiger partial charge in [0.05, 0.1) is 23.4 Å². The van der Waals surface area contributed by atoms with E-state index >= 15 is 0 Å². The van der Waals surface area contributed by atoms with E-state index in [1.807, 2.05) is 47.3 Å². The molecule has 1 aromatic heterocycles. The summed E-state index contributed by atoms with van der Waals surface area (Å²) in [4.78, 5) is 14.7. The average molecular weight is 413 g/mol. The first-order valence-corrected chi connectivity index (χ1v) is 9.59.